The van der Waals surface area contributed by atoms with E-state index < -0.39 is 0 Å². The van der Waals surface area contributed by atoms with E-state index in [1.807, 2.05) is 0 Å². The molecule has 0 atom stereocenters. The van der Waals surface area contributed by atoms with E-state index in [1.54, 1.807) is 0 Å². The lowest BCUT2D eigenvalue weighted by Crippen LogP contribution is -3.05. The molecule has 0 rings (SSSR count). The smallest absolute Gasteiger partial charge is 0.219 e. The van der Waals surface area contributed by atoms with Crippen LogP contribution in [0.3, 0.4) is 0 Å². The molecule has 0 saturated carbocycles. The summed E-state index contributed by atoms with van der Waals surface area (Å²) in [6.07, 6.45) is 22.4. The average molecular weight is 386 g/mol. The van der Waals surface area contributed by atoms with Crippen molar-refractivity contribution in [3.05, 3.63) is 0 Å². The monoisotopic (exact) mass is 385 g/mol. The zero-order valence-corrected chi connectivity index (χ0v) is 18.3. The predicted molar refractivity (Wildman–Crippen MR) is 122 cm³/mol. The third kappa shape index (κ3) is 25.4. The molecule has 0 spiro atoms. The van der Waals surface area contributed by atoms with Crippen LogP contribution in [-0.2, 0) is 4.79 Å². The molecule has 0 radical (unpaired) electrons. The fourth-order valence-corrected chi connectivity index (χ4v) is 3.42. The van der Waals surface area contributed by atoms with Crippen LogP contribution in [0.1, 0.15) is 124 Å². The molecule has 2 N–H and O–H groups in total. The largest absolute Gasteiger partial charge is 0.356 e. The van der Waals surface area contributed by atoms with Gasteiger partial charge in [0.25, 0.3) is 0 Å². The van der Waals surface area contributed by atoms with E-state index in [9.17, 15) is 4.79 Å². The molecule has 0 aliphatic carbocycles. The zero-order chi connectivity index (χ0) is 19.3. The Morgan fingerprint density at radius 3 is 1.48 bits per heavy atom. The normalized spacial score (nSPS) is 10.8. The van der Waals surface area contributed by atoms with Gasteiger partial charge in [-0.3, -0.25) is 4.79 Å². The summed E-state index contributed by atoms with van der Waals surface area (Å²) in [6.45, 7) is 4.24. The van der Waals surface area contributed by atoms with Crippen molar-refractivity contribution in [3.8, 4) is 0 Å². The first-order valence-electron chi connectivity index (χ1n) is 11.7. The molecule has 0 unspecified atom stereocenters. The molecular formula is C24H53N2O+. The molecule has 0 heterocycles. The van der Waals surface area contributed by atoms with Gasteiger partial charge < -0.3 is 10.2 Å². The molecule has 27 heavy (non-hydrogen) atoms. The minimum absolute atomic E-state index is 0. The Morgan fingerprint density at radius 2 is 1.07 bits per heavy atom. The molecule has 0 aliphatic heterocycles. The highest BCUT2D eigenvalue weighted by atomic mass is 16.1. The lowest BCUT2D eigenvalue weighted by molar-refractivity contribution is -0.858. The van der Waals surface area contributed by atoms with Gasteiger partial charge in [0.05, 0.1) is 20.6 Å². The van der Waals surface area contributed by atoms with Crippen LogP contribution in [0.15, 0.2) is 0 Å². The van der Waals surface area contributed by atoms with Crippen molar-refractivity contribution in [2.24, 2.45) is 0 Å². The van der Waals surface area contributed by atoms with Crippen molar-refractivity contribution in [1.29, 1.82) is 0 Å². The SMILES string of the molecule is C.CCCCCCCCCCCCCCCCCC(=O)NCCC[NH+](C)C. The molecule has 0 aliphatic rings. The van der Waals surface area contributed by atoms with Crippen LogP contribution in [0, 0.1) is 0 Å². The molecule has 0 fully saturated rings. The number of hydrogen-bond acceptors (Lipinski definition) is 1. The second-order valence-corrected chi connectivity index (χ2v) is 8.36. The molecule has 164 valence electrons. The Balaban J connectivity index is 0. The fourth-order valence-electron chi connectivity index (χ4n) is 3.42. The molecule has 3 nitrogen and oxygen atoms in total. The number of unbranched alkanes of at least 4 members (excludes halogenated alkanes) is 14. The highest BCUT2D eigenvalue weighted by molar-refractivity contribution is 5.75. The summed E-state index contributed by atoms with van der Waals surface area (Å²) < 4.78 is 0. The van der Waals surface area contributed by atoms with E-state index in [1.165, 1.54) is 94.8 Å². The van der Waals surface area contributed by atoms with Crippen LogP contribution in [0.2, 0.25) is 0 Å². The maximum absolute atomic E-state index is 11.7. The van der Waals surface area contributed by atoms with Crippen molar-refractivity contribution in [2.75, 3.05) is 27.2 Å². The number of carbonyl (C=O) groups excluding carboxylic acids is 1. The van der Waals surface area contributed by atoms with Crippen LogP contribution in [-0.4, -0.2) is 33.1 Å². The van der Waals surface area contributed by atoms with Crippen molar-refractivity contribution in [1.82, 2.24) is 5.32 Å². The highest BCUT2D eigenvalue weighted by Crippen LogP contribution is 2.13. The van der Waals surface area contributed by atoms with Gasteiger partial charge in [-0.15, -0.1) is 0 Å². The Labute approximate surface area is 172 Å². The van der Waals surface area contributed by atoms with Gasteiger partial charge in [-0.05, 0) is 6.42 Å². The maximum Gasteiger partial charge on any atom is 0.219 e. The number of carbonyl (C=O) groups is 1. The second kappa shape index (κ2) is 23.5. The molecule has 0 aromatic carbocycles. The van der Waals surface area contributed by atoms with E-state index in [4.69, 9.17) is 0 Å². The quantitative estimate of drug-likeness (QED) is 0.265. The molecule has 0 aromatic rings. The molecule has 3 heteroatoms. The van der Waals surface area contributed by atoms with Crippen LogP contribution in [0.4, 0.5) is 0 Å². The van der Waals surface area contributed by atoms with Crippen molar-refractivity contribution in [2.45, 2.75) is 124 Å². The van der Waals surface area contributed by atoms with E-state index in [0.717, 1.165) is 25.9 Å². The van der Waals surface area contributed by atoms with Gasteiger partial charge in [-0.25, -0.2) is 0 Å². The molecule has 0 saturated heterocycles. The summed E-state index contributed by atoms with van der Waals surface area (Å²) in [5, 5.41) is 3.04. The molecular weight excluding hydrogens is 332 g/mol. The van der Waals surface area contributed by atoms with Crippen molar-refractivity contribution < 1.29 is 9.69 Å². The van der Waals surface area contributed by atoms with Crippen LogP contribution in [0.25, 0.3) is 0 Å². The molecule has 1 amide bonds. The standard InChI is InChI=1S/C23H48N2O.CH4/c1-4-5-6-7-8-9-10-11-12-13-14-15-16-17-18-20-23(26)24-21-19-22-25(2)3;/h4-22H2,1-3H3,(H,24,26);1H4/p+1. The van der Waals surface area contributed by atoms with Crippen molar-refractivity contribution >= 4 is 5.91 Å². The summed E-state index contributed by atoms with van der Waals surface area (Å²) in [6, 6.07) is 0. The van der Waals surface area contributed by atoms with Gasteiger partial charge in [0.2, 0.25) is 5.91 Å². The lowest BCUT2D eigenvalue weighted by Gasteiger charge is -2.08. The molecule has 0 bridgehead atoms. The Morgan fingerprint density at radius 1 is 0.667 bits per heavy atom. The summed E-state index contributed by atoms with van der Waals surface area (Å²) in [5.41, 5.74) is 0. The number of amides is 1. The minimum atomic E-state index is 0. The maximum atomic E-state index is 11.7. The lowest BCUT2D eigenvalue weighted by atomic mass is 10.0. The summed E-state index contributed by atoms with van der Waals surface area (Å²) >= 11 is 0. The summed E-state index contributed by atoms with van der Waals surface area (Å²) in [7, 11) is 4.30. The molecule has 0 aromatic heterocycles. The van der Waals surface area contributed by atoms with E-state index >= 15 is 0 Å². The number of rotatable bonds is 20. The first kappa shape index (κ1) is 28.6. The Bertz CT molecular complexity index is 292. The van der Waals surface area contributed by atoms with E-state index in [0.29, 0.717) is 6.42 Å². The highest BCUT2D eigenvalue weighted by Gasteiger charge is 2.01. The van der Waals surface area contributed by atoms with Gasteiger partial charge in [0.15, 0.2) is 0 Å². The van der Waals surface area contributed by atoms with Crippen LogP contribution in [0.5, 0.6) is 0 Å². The van der Waals surface area contributed by atoms with Gasteiger partial charge in [0, 0.05) is 19.4 Å². The second-order valence-electron chi connectivity index (χ2n) is 8.36. The number of quaternary nitrogens is 1. The Kier molecular flexibility index (Phi) is 24.9. The Hall–Kier alpha value is -0.570. The van der Waals surface area contributed by atoms with Gasteiger partial charge in [-0.1, -0.05) is 104 Å². The van der Waals surface area contributed by atoms with E-state index in [-0.39, 0.29) is 13.3 Å². The van der Waals surface area contributed by atoms with E-state index in [2.05, 4.69) is 26.3 Å². The predicted octanol–water partition coefficient (Wildman–Crippen LogP) is 5.53. The van der Waals surface area contributed by atoms with Gasteiger partial charge in [-0.2, -0.15) is 0 Å². The summed E-state index contributed by atoms with van der Waals surface area (Å²) in [5.74, 6) is 0.244. The average Bonchev–Trinajstić information content (AvgIpc) is 2.62. The van der Waals surface area contributed by atoms with Gasteiger partial charge in [0.1, 0.15) is 0 Å². The first-order valence-corrected chi connectivity index (χ1v) is 11.7. The number of hydrogen-bond donors (Lipinski definition) is 2. The topological polar surface area (TPSA) is 33.5 Å². The third-order valence-electron chi connectivity index (χ3n) is 5.18. The first-order chi connectivity index (χ1) is 12.7. The van der Waals surface area contributed by atoms with Crippen LogP contribution < -0.4 is 10.2 Å². The minimum Gasteiger partial charge on any atom is -0.356 e. The third-order valence-corrected chi connectivity index (χ3v) is 5.18. The van der Waals surface area contributed by atoms with Crippen molar-refractivity contribution in [3.63, 3.8) is 0 Å². The van der Waals surface area contributed by atoms with Crippen LogP contribution >= 0.6 is 0 Å². The van der Waals surface area contributed by atoms with Gasteiger partial charge >= 0.3 is 0 Å². The number of nitrogens with one attached hydrogen (secondary N) is 2. The zero-order valence-electron chi connectivity index (χ0n) is 18.3. The summed E-state index contributed by atoms with van der Waals surface area (Å²) in [4.78, 5) is 13.1. The fraction of sp³-hybridized carbons (Fsp3) is 0.958.